The highest BCUT2D eigenvalue weighted by Gasteiger charge is 2.26. The molecule has 0 aliphatic rings. The average molecular weight is 264 g/mol. The minimum atomic E-state index is -1.69. The number of hydrogen-bond acceptors (Lipinski definition) is 6. The van der Waals surface area contributed by atoms with E-state index in [1.807, 2.05) is 0 Å². The van der Waals surface area contributed by atoms with Crippen molar-refractivity contribution in [3.05, 3.63) is 40.4 Å². The SMILES string of the molecule is COC(=O)C(O)C(O)c1ccc2c(=O)[nH]cnc2c1. The van der Waals surface area contributed by atoms with Crippen molar-refractivity contribution in [2.75, 3.05) is 7.11 Å². The fraction of sp³-hybridized carbons (Fsp3) is 0.250. The molecule has 0 fully saturated rings. The van der Waals surface area contributed by atoms with Gasteiger partial charge in [0.05, 0.1) is 24.3 Å². The van der Waals surface area contributed by atoms with Crippen molar-refractivity contribution < 1.29 is 19.7 Å². The lowest BCUT2D eigenvalue weighted by atomic mass is 10.0. The number of carbonyl (C=O) groups is 1. The Morgan fingerprint density at radius 1 is 1.42 bits per heavy atom. The normalized spacial score (nSPS) is 14.1. The first-order chi connectivity index (χ1) is 9.04. The highest BCUT2D eigenvalue weighted by Crippen LogP contribution is 2.20. The summed E-state index contributed by atoms with van der Waals surface area (Å²) in [5.74, 6) is -0.938. The van der Waals surface area contributed by atoms with Gasteiger partial charge in [0.1, 0.15) is 6.10 Å². The maximum Gasteiger partial charge on any atom is 0.337 e. The third-order valence-electron chi connectivity index (χ3n) is 2.75. The van der Waals surface area contributed by atoms with Crippen LogP contribution in [-0.4, -0.2) is 39.4 Å². The van der Waals surface area contributed by atoms with Crippen LogP contribution in [0, 0.1) is 0 Å². The predicted octanol–water partition coefficient (Wildman–Crippen LogP) is -0.510. The van der Waals surface area contributed by atoms with Crippen LogP contribution < -0.4 is 5.56 Å². The molecule has 7 nitrogen and oxygen atoms in total. The summed E-state index contributed by atoms with van der Waals surface area (Å²) in [7, 11) is 1.11. The molecule has 1 aromatic heterocycles. The van der Waals surface area contributed by atoms with Gasteiger partial charge in [-0.15, -0.1) is 0 Å². The highest BCUT2D eigenvalue weighted by atomic mass is 16.5. The van der Waals surface area contributed by atoms with E-state index in [4.69, 9.17) is 0 Å². The summed E-state index contributed by atoms with van der Waals surface area (Å²) >= 11 is 0. The van der Waals surface area contributed by atoms with E-state index < -0.39 is 18.2 Å². The quantitative estimate of drug-likeness (QED) is 0.644. The minimum absolute atomic E-state index is 0.267. The molecule has 3 N–H and O–H groups in total. The number of hydrogen-bond donors (Lipinski definition) is 3. The standard InChI is InChI=1S/C12H12N2O5/c1-19-12(18)10(16)9(15)6-2-3-7-8(4-6)13-5-14-11(7)17/h2-5,9-10,15-16H,1H3,(H,13,14,17). The lowest BCUT2D eigenvalue weighted by Crippen LogP contribution is -2.29. The minimum Gasteiger partial charge on any atom is -0.467 e. The zero-order valence-electron chi connectivity index (χ0n) is 10.0. The van der Waals surface area contributed by atoms with E-state index in [0.29, 0.717) is 10.9 Å². The third-order valence-corrected chi connectivity index (χ3v) is 2.75. The molecule has 2 unspecified atom stereocenters. The molecule has 100 valence electrons. The first kappa shape index (κ1) is 13.2. The van der Waals surface area contributed by atoms with Crippen LogP contribution in [0.1, 0.15) is 11.7 Å². The Balaban J connectivity index is 2.41. The summed E-state index contributed by atoms with van der Waals surface area (Å²) < 4.78 is 4.34. The predicted molar refractivity (Wildman–Crippen MR) is 65.3 cm³/mol. The maximum absolute atomic E-state index is 11.5. The van der Waals surface area contributed by atoms with Crippen LogP contribution in [0.2, 0.25) is 0 Å². The van der Waals surface area contributed by atoms with E-state index in [-0.39, 0.29) is 11.1 Å². The van der Waals surface area contributed by atoms with E-state index >= 15 is 0 Å². The van der Waals surface area contributed by atoms with Gasteiger partial charge in [-0.2, -0.15) is 0 Å². The molecule has 2 aromatic rings. The number of aliphatic hydroxyl groups is 2. The van der Waals surface area contributed by atoms with Gasteiger partial charge in [0, 0.05) is 0 Å². The van der Waals surface area contributed by atoms with Crippen molar-refractivity contribution in [1.29, 1.82) is 0 Å². The molecule has 1 aromatic carbocycles. The Morgan fingerprint density at radius 2 is 2.16 bits per heavy atom. The van der Waals surface area contributed by atoms with Crippen molar-refractivity contribution in [1.82, 2.24) is 9.97 Å². The number of aromatic amines is 1. The van der Waals surface area contributed by atoms with E-state index in [1.54, 1.807) is 0 Å². The number of H-pyrrole nitrogens is 1. The van der Waals surface area contributed by atoms with Gasteiger partial charge in [-0.25, -0.2) is 9.78 Å². The Labute approximate surface area is 107 Å². The topological polar surface area (TPSA) is 113 Å². The molecule has 0 saturated heterocycles. The zero-order chi connectivity index (χ0) is 14.0. The van der Waals surface area contributed by atoms with Crippen LogP contribution in [0.5, 0.6) is 0 Å². The van der Waals surface area contributed by atoms with Gasteiger partial charge in [-0.05, 0) is 17.7 Å². The fourth-order valence-electron chi connectivity index (χ4n) is 1.70. The van der Waals surface area contributed by atoms with Gasteiger partial charge in [0.15, 0.2) is 6.10 Å². The second-order valence-corrected chi connectivity index (χ2v) is 3.92. The van der Waals surface area contributed by atoms with Crippen molar-refractivity contribution in [3.8, 4) is 0 Å². The molecule has 0 amide bonds. The van der Waals surface area contributed by atoms with Gasteiger partial charge >= 0.3 is 5.97 Å². The fourth-order valence-corrected chi connectivity index (χ4v) is 1.70. The zero-order valence-corrected chi connectivity index (χ0v) is 10.0. The molecule has 19 heavy (non-hydrogen) atoms. The van der Waals surface area contributed by atoms with Crippen LogP contribution in [0.15, 0.2) is 29.3 Å². The number of nitrogens with zero attached hydrogens (tertiary/aromatic N) is 1. The molecule has 2 rings (SSSR count). The summed E-state index contributed by atoms with van der Waals surface area (Å²) in [6.07, 6.45) is -1.90. The molecular formula is C12H12N2O5. The molecule has 7 heteroatoms. The number of aromatic nitrogens is 2. The first-order valence-electron chi connectivity index (χ1n) is 5.46. The number of rotatable bonds is 3. The van der Waals surface area contributed by atoms with Gasteiger partial charge in [-0.3, -0.25) is 4.79 Å². The van der Waals surface area contributed by atoms with Gasteiger partial charge in [0.2, 0.25) is 0 Å². The summed E-state index contributed by atoms with van der Waals surface area (Å²) in [4.78, 5) is 29.0. The number of carbonyl (C=O) groups excluding carboxylic acids is 1. The summed E-state index contributed by atoms with van der Waals surface area (Å²) in [6, 6.07) is 4.33. The van der Waals surface area contributed by atoms with Crippen LogP contribution in [-0.2, 0) is 9.53 Å². The Morgan fingerprint density at radius 3 is 2.84 bits per heavy atom. The highest BCUT2D eigenvalue weighted by molar-refractivity contribution is 5.79. The number of esters is 1. The van der Waals surface area contributed by atoms with Crippen molar-refractivity contribution in [2.45, 2.75) is 12.2 Å². The van der Waals surface area contributed by atoms with Crippen LogP contribution in [0.25, 0.3) is 10.9 Å². The number of ether oxygens (including phenoxy) is 1. The molecule has 0 aliphatic carbocycles. The molecule has 0 bridgehead atoms. The van der Waals surface area contributed by atoms with E-state index in [0.717, 1.165) is 7.11 Å². The van der Waals surface area contributed by atoms with Crippen LogP contribution >= 0.6 is 0 Å². The Hall–Kier alpha value is -2.25. The average Bonchev–Trinajstić information content (AvgIpc) is 2.44. The lowest BCUT2D eigenvalue weighted by molar-refractivity contribution is -0.156. The number of aliphatic hydroxyl groups excluding tert-OH is 2. The summed E-state index contributed by atoms with van der Waals surface area (Å²) in [5, 5.41) is 19.8. The van der Waals surface area contributed by atoms with Crippen LogP contribution in [0.3, 0.4) is 0 Å². The van der Waals surface area contributed by atoms with Gasteiger partial charge in [0.25, 0.3) is 5.56 Å². The summed E-state index contributed by atoms with van der Waals surface area (Å²) in [6.45, 7) is 0. The van der Waals surface area contributed by atoms with E-state index in [1.165, 1.54) is 24.5 Å². The molecule has 2 atom stereocenters. The van der Waals surface area contributed by atoms with Crippen molar-refractivity contribution >= 4 is 16.9 Å². The third kappa shape index (κ3) is 2.47. The second kappa shape index (κ2) is 5.17. The molecule has 0 spiro atoms. The monoisotopic (exact) mass is 264 g/mol. The summed E-state index contributed by atoms with van der Waals surface area (Å²) in [5.41, 5.74) is 0.320. The van der Waals surface area contributed by atoms with E-state index in [9.17, 15) is 19.8 Å². The Bertz CT molecular complexity index is 666. The maximum atomic E-state index is 11.5. The Kier molecular flexibility index (Phi) is 3.59. The molecule has 1 heterocycles. The van der Waals surface area contributed by atoms with Crippen molar-refractivity contribution in [3.63, 3.8) is 0 Å². The van der Waals surface area contributed by atoms with Gasteiger partial charge in [-0.1, -0.05) is 6.07 Å². The van der Waals surface area contributed by atoms with Crippen molar-refractivity contribution in [2.24, 2.45) is 0 Å². The largest absolute Gasteiger partial charge is 0.467 e. The smallest absolute Gasteiger partial charge is 0.337 e. The van der Waals surface area contributed by atoms with Gasteiger partial charge < -0.3 is 19.9 Å². The molecule has 0 aliphatic heterocycles. The first-order valence-corrected chi connectivity index (χ1v) is 5.46. The molecular weight excluding hydrogens is 252 g/mol. The number of methoxy groups -OCH3 is 1. The number of nitrogens with one attached hydrogen (secondary N) is 1. The number of fused-ring (bicyclic) bond motifs is 1. The van der Waals surface area contributed by atoms with E-state index in [2.05, 4.69) is 14.7 Å². The van der Waals surface area contributed by atoms with Crippen LogP contribution in [0.4, 0.5) is 0 Å². The molecule has 0 radical (unpaired) electrons. The molecule has 0 saturated carbocycles. The lowest BCUT2D eigenvalue weighted by Gasteiger charge is -2.16. The second-order valence-electron chi connectivity index (χ2n) is 3.92. The number of benzene rings is 1.